The van der Waals surface area contributed by atoms with Crippen LogP contribution in [0.1, 0.15) is 34.1 Å². The Labute approximate surface area is 226 Å². The van der Waals surface area contributed by atoms with Crippen LogP contribution >= 0.6 is 22.6 Å². The molecule has 0 aromatic heterocycles. The molecule has 0 bridgehead atoms. The molecule has 3 atom stereocenters. The monoisotopic (exact) mass is 611 g/mol. The second kappa shape index (κ2) is 16.4. The van der Waals surface area contributed by atoms with Gasteiger partial charge >= 0.3 is 0 Å². The fourth-order valence-electron chi connectivity index (χ4n) is 3.94. The molecule has 5 nitrogen and oxygen atoms in total. The molecule has 0 saturated heterocycles. The van der Waals surface area contributed by atoms with Gasteiger partial charge in [0.25, 0.3) is 8.32 Å². The van der Waals surface area contributed by atoms with Gasteiger partial charge in [0.2, 0.25) is 6.41 Å². The van der Waals surface area contributed by atoms with Crippen LogP contribution in [0.3, 0.4) is 0 Å². The van der Waals surface area contributed by atoms with E-state index >= 15 is 0 Å². The predicted octanol–water partition coefficient (Wildman–Crippen LogP) is 5.06. The first-order valence-corrected chi connectivity index (χ1v) is 15.3. The molecular formula is C28H42INO4Si. The summed E-state index contributed by atoms with van der Waals surface area (Å²) in [5.74, 6) is 0. The highest BCUT2D eigenvalue weighted by Crippen LogP contribution is 2.42. The van der Waals surface area contributed by atoms with Gasteiger partial charge in [0, 0.05) is 17.1 Å². The van der Waals surface area contributed by atoms with Gasteiger partial charge in [0.05, 0.1) is 13.2 Å². The number of aliphatic hydroxyl groups excluding tert-OH is 2. The minimum atomic E-state index is -2.81. The Balaban J connectivity index is 3.19. The van der Waals surface area contributed by atoms with E-state index in [4.69, 9.17) is 9.16 Å². The molecule has 0 aliphatic heterocycles. The second-order valence-electron chi connectivity index (χ2n) is 9.19. The molecule has 3 N–H and O–H groups in total. The lowest BCUT2D eigenvalue weighted by molar-refractivity contribution is -0.121. The number of halogens is 1. The Morgan fingerprint density at radius 3 is 2.40 bits per heavy atom. The fourth-order valence-corrected chi connectivity index (χ4v) is 9.00. The smallest absolute Gasteiger partial charge is 0.261 e. The first kappa shape index (κ1) is 31.7. The van der Waals surface area contributed by atoms with Crippen molar-refractivity contribution >= 4 is 36.1 Å². The third-order valence-electron chi connectivity index (χ3n) is 5.64. The Morgan fingerprint density at radius 1 is 1.20 bits per heavy atom. The molecule has 1 aromatic rings. The number of ether oxygens (including phenoxy) is 1. The molecular weight excluding hydrogens is 569 g/mol. The summed E-state index contributed by atoms with van der Waals surface area (Å²) in [6, 6.07) is 9.93. The van der Waals surface area contributed by atoms with Gasteiger partial charge in [0.15, 0.2) is 0 Å². The minimum Gasteiger partial charge on any atom is -0.406 e. The first-order chi connectivity index (χ1) is 16.7. The Morgan fingerprint density at radius 2 is 1.89 bits per heavy atom. The predicted molar refractivity (Wildman–Crippen MR) is 158 cm³/mol. The van der Waals surface area contributed by atoms with E-state index in [1.165, 1.54) is 0 Å². The van der Waals surface area contributed by atoms with Crippen molar-refractivity contribution < 1.29 is 19.4 Å². The van der Waals surface area contributed by atoms with Gasteiger partial charge in [-0.3, -0.25) is 5.32 Å². The zero-order valence-corrected chi connectivity index (χ0v) is 24.7. The molecule has 194 valence electrons. The summed E-state index contributed by atoms with van der Waals surface area (Å²) in [5.41, 5.74) is 1.06. The standard InChI is InChI=1S/C28H42INO4Si/c1-7-10-15-23(20-29)21-33-27(32)30-24(18-19-31)22-34-35(28(4,5)6,25(9-3)14-8-2)26-16-12-11-13-17-26/h7-17,24,27,30-32H,2-3,18-22H2,1,4-6H3/b10-7-,23-15+,25-14+/t24-,27?,35?/m0/s1. The maximum Gasteiger partial charge on any atom is 0.261 e. The van der Waals surface area contributed by atoms with Crippen molar-refractivity contribution in [3.05, 3.63) is 90.7 Å². The number of nitrogens with one attached hydrogen (secondary N) is 1. The summed E-state index contributed by atoms with van der Waals surface area (Å²) in [6.07, 6.45) is 10.7. The lowest BCUT2D eigenvalue weighted by Crippen LogP contribution is -2.61. The maximum absolute atomic E-state index is 10.5. The van der Waals surface area contributed by atoms with E-state index in [0.717, 1.165) is 20.4 Å². The normalized spacial score (nSPS) is 16.7. The molecule has 1 rings (SSSR count). The van der Waals surface area contributed by atoms with Gasteiger partial charge in [-0.15, -0.1) is 0 Å². The van der Waals surface area contributed by atoms with Crippen LogP contribution in [0.4, 0.5) is 0 Å². The molecule has 0 amide bonds. The molecule has 0 radical (unpaired) electrons. The molecule has 0 heterocycles. The van der Waals surface area contributed by atoms with Gasteiger partial charge in [-0.25, -0.2) is 0 Å². The minimum absolute atomic E-state index is 0.0415. The Bertz CT molecular complexity index is 863. The SMILES string of the molecule is C=C/C=C(\C=C)[Si](OC[C@H](CCO)NC(O)OC/C(=C/C=C\C)CI)(c1ccccc1)C(C)(C)C. The van der Waals surface area contributed by atoms with Crippen LogP contribution in [0.2, 0.25) is 5.04 Å². The van der Waals surface area contributed by atoms with Crippen molar-refractivity contribution in [1.82, 2.24) is 5.32 Å². The summed E-state index contributed by atoms with van der Waals surface area (Å²) in [6.45, 7) is 17.0. The van der Waals surface area contributed by atoms with Crippen LogP contribution in [0.15, 0.2) is 90.7 Å². The Hall–Kier alpha value is -1.33. The highest BCUT2D eigenvalue weighted by atomic mass is 127. The van der Waals surface area contributed by atoms with E-state index < -0.39 is 14.7 Å². The van der Waals surface area contributed by atoms with Crippen molar-refractivity contribution in [3.63, 3.8) is 0 Å². The molecule has 0 fully saturated rings. The number of benzene rings is 1. The molecule has 1 aromatic carbocycles. The van der Waals surface area contributed by atoms with Crippen LogP contribution in [-0.4, -0.2) is 55.2 Å². The molecule has 0 aliphatic carbocycles. The van der Waals surface area contributed by atoms with Crippen LogP contribution in [0.25, 0.3) is 0 Å². The van der Waals surface area contributed by atoms with Crippen molar-refractivity contribution in [2.45, 2.75) is 51.6 Å². The number of rotatable bonds is 16. The van der Waals surface area contributed by atoms with E-state index in [0.29, 0.717) is 13.0 Å². The third-order valence-corrected chi connectivity index (χ3v) is 11.7. The Kier molecular flexibility index (Phi) is 14.9. The average molecular weight is 612 g/mol. The number of alkyl halides is 1. The van der Waals surface area contributed by atoms with Crippen LogP contribution in [0.5, 0.6) is 0 Å². The highest BCUT2D eigenvalue weighted by Gasteiger charge is 2.50. The quantitative estimate of drug-likeness (QED) is 0.0802. The van der Waals surface area contributed by atoms with E-state index in [1.54, 1.807) is 6.08 Å². The lowest BCUT2D eigenvalue weighted by atomic mass is 10.2. The highest BCUT2D eigenvalue weighted by molar-refractivity contribution is 14.1. The fraction of sp³-hybridized carbons (Fsp3) is 0.429. The van der Waals surface area contributed by atoms with Crippen molar-refractivity contribution in [3.8, 4) is 0 Å². The molecule has 0 saturated carbocycles. The maximum atomic E-state index is 10.5. The van der Waals surface area contributed by atoms with Crippen LogP contribution in [0, 0.1) is 0 Å². The zero-order valence-electron chi connectivity index (χ0n) is 21.5. The topological polar surface area (TPSA) is 71.0 Å². The van der Waals surface area contributed by atoms with Crippen molar-refractivity contribution in [1.29, 1.82) is 0 Å². The molecule has 7 heteroatoms. The van der Waals surface area contributed by atoms with Gasteiger partial charge in [-0.05, 0) is 34.3 Å². The van der Waals surface area contributed by atoms with Crippen LogP contribution < -0.4 is 10.5 Å². The molecule has 0 spiro atoms. The number of allylic oxidation sites excluding steroid dienone is 7. The molecule has 0 aliphatic rings. The summed E-state index contributed by atoms with van der Waals surface area (Å²) in [5, 5.41) is 25.2. The van der Waals surface area contributed by atoms with Gasteiger partial charge in [-0.2, -0.15) is 0 Å². The van der Waals surface area contributed by atoms with Crippen LogP contribution in [-0.2, 0) is 9.16 Å². The van der Waals surface area contributed by atoms with Gasteiger partial charge in [-0.1, -0.05) is 123 Å². The number of hydrogen-bond acceptors (Lipinski definition) is 5. The summed E-state index contributed by atoms with van der Waals surface area (Å²) in [7, 11) is -2.81. The van der Waals surface area contributed by atoms with E-state index in [9.17, 15) is 10.2 Å². The summed E-state index contributed by atoms with van der Waals surface area (Å²) < 4.78 is 13.3. The summed E-state index contributed by atoms with van der Waals surface area (Å²) in [4.78, 5) is 0. The third kappa shape index (κ3) is 9.57. The van der Waals surface area contributed by atoms with E-state index in [1.807, 2.05) is 55.5 Å². The van der Waals surface area contributed by atoms with E-state index in [-0.39, 0.29) is 24.3 Å². The van der Waals surface area contributed by atoms with Gasteiger partial charge in [0.1, 0.15) is 0 Å². The van der Waals surface area contributed by atoms with E-state index in [2.05, 4.69) is 74.0 Å². The number of aliphatic hydroxyl groups is 2. The number of hydrogen-bond donors (Lipinski definition) is 3. The average Bonchev–Trinajstić information content (AvgIpc) is 2.83. The molecule has 35 heavy (non-hydrogen) atoms. The zero-order chi connectivity index (χ0) is 26.3. The largest absolute Gasteiger partial charge is 0.406 e. The lowest BCUT2D eigenvalue weighted by Gasteiger charge is -2.44. The van der Waals surface area contributed by atoms with Crippen molar-refractivity contribution in [2.24, 2.45) is 0 Å². The molecule has 2 unspecified atom stereocenters. The summed E-state index contributed by atoms with van der Waals surface area (Å²) >= 11 is 2.27. The second-order valence-corrected chi connectivity index (χ2v) is 14.3. The van der Waals surface area contributed by atoms with Gasteiger partial charge < -0.3 is 19.4 Å². The van der Waals surface area contributed by atoms with Crippen molar-refractivity contribution in [2.75, 3.05) is 24.2 Å². The first-order valence-electron chi connectivity index (χ1n) is 11.9.